The van der Waals surface area contributed by atoms with Crippen LogP contribution >= 0.6 is 11.3 Å². The van der Waals surface area contributed by atoms with Crippen LogP contribution in [0, 0.1) is 20.8 Å². The average Bonchev–Trinajstić information content (AvgIpc) is 3.03. The molecule has 30 heavy (non-hydrogen) atoms. The number of aromatic nitrogens is 1. The molecule has 1 N–H and O–H groups in total. The number of fused-ring (bicyclic) bond motifs is 1. The minimum atomic E-state index is -0.654. The lowest BCUT2D eigenvalue weighted by atomic mass is 10.1. The molecule has 1 aliphatic rings. The van der Waals surface area contributed by atoms with Gasteiger partial charge in [-0.2, -0.15) is 0 Å². The van der Waals surface area contributed by atoms with Gasteiger partial charge in [-0.15, -0.1) is 11.3 Å². The number of ether oxygens (including phenoxy) is 1. The van der Waals surface area contributed by atoms with E-state index in [1.165, 1.54) is 4.90 Å². The van der Waals surface area contributed by atoms with Crippen LogP contribution in [-0.4, -0.2) is 29.4 Å². The highest BCUT2D eigenvalue weighted by Crippen LogP contribution is 2.38. The molecule has 1 unspecified atom stereocenters. The molecular formula is C23H23N3O3S. The van der Waals surface area contributed by atoms with E-state index in [4.69, 9.17) is 4.74 Å². The number of hydrogen-bond donors (Lipinski definition) is 1. The van der Waals surface area contributed by atoms with Gasteiger partial charge in [0.25, 0.3) is 5.91 Å². The van der Waals surface area contributed by atoms with Gasteiger partial charge in [-0.3, -0.25) is 14.5 Å². The number of carbonyl (C=O) groups is 2. The van der Waals surface area contributed by atoms with Crippen molar-refractivity contribution < 1.29 is 14.3 Å². The summed E-state index contributed by atoms with van der Waals surface area (Å²) in [5, 5.41) is 3.85. The zero-order chi connectivity index (χ0) is 21.4. The molecule has 4 rings (SSSR count). The van der Waals surface area contributed by atoms with Crippen LogP contribution in [0.2, 0.25) is 0 Å². The van der Waals surface area contributed by atoms with E-state index < -0.39 is 6.10 Å². The number of benzene rings is 2. The molecule has 2 amide bonds. The van der Waals surface area contributed by atoms with E-state index in [-0.39, 0.29) is 18.4 Å². The van der Waals surface area contributed by atoms with Crippen LogP contribution in [0.1, 0.15) is 22.4 Å². The standard InChI is InChI=1S/C23H23N3O3S/c1-13-6-5-7-18(10-13)25-21(27)12-26-19-11-17(22-15(3)30-16(4)24-22)8-9-20(19)29-14(2)23(26)28/h5-11,14H,12H2,1-4H3,(H,25,27). The van der Waals surface area contributed by atoms with Crippen molar-refractivity contribution in [2.75, 3.05) is 16.8 Å². The van der Waals surface area contributed by atoms with Crippen LogP contribution in [-0.2, 0) is 9.59 Å². The Hall–Kier alpha value is -3.19. The van der Waals surface area contributed by atoms with E-state index in [9.17, 15) is 9.59 Å². The fraction of sp³-hybridized carbons (Fsp3) is 0.261. The normalized spacial score (nSPS) is 15.5. The van der Waals surface area contributed by atoms with E-state index in [0.29, 0.717) is 17.1 Å². The van der Waals surface area contributed by atoms with Crippen molar-refractivity contribution in [2.24, 2.45) is 0 Å². The van der Waals surface area contributed by atoms with Crippen molar-refractivity contribution in [3.8, 4) is 17.0 Å². The zero-order valence-corrected chi connectivity index (χ0v) is 18.2. The molecule has 0 bridgehead atoms. The highest BCUT2D eigenvalue weighted by Gasteiger charge is 2.33. The molecule has 2 heterocycles. The summed E-state index contributed by atoms with van der Waals surface area (Å²) in [6.07, 6.45) is -0.654. The first-order chi connectivity index (χ1) is 14.3. The van der Waals surface area contributed by atoms with Gasteiger partial charge in [0, 0.05) is 16.1 Å². The fourth-order valence-electron chi connectivity index (χ4n) is 3.58. The predicted octanol–water partition coefficient (Wildman–Crippen LogP) is 4.49. The van der Waals surface area contributed by atoms with Gasteiger partial charge in [-0.05, 0) is 63.6 Å². The van der Waals surface area contributed by atoms with Crippen molar-refractivity contribution in [3.63, 3.8) is 0 Å². The predicted molar refractivity (Wildman–Crippen MR) is 119 cm³/mol. The van der Waals surface area contributed by atoms with Crippen LogP contribution in [0.3, 0.4) is 0 Å². The molecule has 6 nitrogen and oxygen atoms in total. The van der Waals surface area contributed by atoms with Crippen molar-refractivity contribution in [3.05, 3.63) is 57.9 Å². The molecule has 154 valence electrons. The minimum absolute atomic E-state index is 0.0913. The van der Waals surface area contributed by atoms with Gasteiger partial charge in [-0.25, -0.2) is 4.98 Å². The van der Waals surface area contributed by atoms with Gasteiger partial charge in [0.15, 0.2) is 6.10 Å². The molecule has 0 saturated carbocycles. The Balaban J connectivity index is 1.65. The lowest BCUT2D eigenvalue weighted by Crippen LogP contribution is -2.47. The molecule has 1 aromatic heterocycles. The van der Waals surface area contributed by atoms with E-state index in [1.54, 1.807) is 18.3 Å². The lowest BCUT2D eigenvalue weighted by molar-refractivity contribution is -0.127. The van der Waals surface area contributed by atoms with Gasteiger partial charge in [0.2, 0.25) is 5.91 Å². The van der Waals surface area contributed by atoms with Crippen LogP contribution in [0.5, 0.6) is 5.75 Å². The number of nitrogens with one attached hydrogen (secondary N) is 1. The van der Waals surface area contributed by atoms with Crippen LogP contribution < -0.4 is 15.0 Å². The van der Waals surface area contributed by atoms with Crippen LogP contribution in [0.4, 0.5) is 11.4 Å². The average molecular weight is 422 g/mol. The van der Waals surface area contributed by atoms with E-state index in [2.05, 4.69) is 10.3 Å². The molecule has 0 spiro atoms. The van der Waals surface area contributed by atoms with Gasteiger partial charge in [0.1, 0.15) is 12.3 Å². The van der Waals surface area contributed by atoms with Crippen LogP contribution in [0.25, 0.3) is 11.3 Å². The summed E-state index contributed by atoms with van der Waals surface area (Å²) in [5.41, 5.74) is 4.12. The maximum atomic E-state index is 12.9. The smallest absolute Gasteiger partial charge is 0.268 e. The Bertz CT molecular complexity index is 1140. The molecule has 0 saturated heterocycles. The number of amides is 2. The van der Waals surface area contributed by atoms with Crippen molar-refractivity contribution in [2.45, 2.75) is 33.8 Å². The maximum Gasteiger partial charge on any atom is 0.268 e. The molecular weight excluding hydrogens is 398 g/mol. The third kappa shape index (κ3) is 3.93. The Morgan fingerprint density at radius 3 is 2.70 bits per heavy atom. The Kier molecular flexibility index (Phi) is 5.30. The number of hydrogen-bond acceptors (Lipinski definition) is 5. The molecule has 2 aromatic carbocycles. The summed E-state index contributed by atoms with van der Waals surface area (Å²) >= 11 is 1.63. The molecule has 0 aliphatic carbocycles. The molecule has 0 fully saturated rings. The highest BCUT2D eigenvalue weighted by atomic mass is 32.1. The molecule has 1 atom stereocenters. The van der Waals surface area contributed by atoms with Gasteiger partial charge >= 0.3 is 0 Å². The maximum absolute atomic E-state index is 12.9. The topological polar surface area (TPSA) is 71.5 Å². The van der Waals surface area contributed by atoms with Gasteiger partial charge < -0.3 is 10.1 Å². The van der Waals surface area contributed by atoms with Crippen molar-refractivity contribution >= 4 is 34.5 Å². The Morgan fingerprint density at radius 2 is 2.00 bits per heavy atom. The first kappa shape index (κ1) is 20.1. The quantitative estimate of drug-likeness (QED) is 0.674. The third-order valence-corrected chi connectivity index (χ3v) is 5.83. The van der Waals surface area contributed by atoms with E-state index in [1.807, 2.05) is 63.2 Å². The lowest BCUT2D eigenvalue weighted by Gasteiger charge is -2.33. The largest absolute Gasteiger partial charge is 0.479 e. The van der Waals surface area contributed by atoms with Gasteiger partial charge in [-0.1, -0.05) is 12.1 Å². The summed E-state index contributed by atoms with van der Waals surface area (Å²) in [4.78, 5) is 32.8. The Morgan fingerprint density at radius 1 is 1.20 bits per heavy atom. The summed E-state index contributed by atoms with van der Waals surface area (Å²) < 4.78 is 5.78. The SMILES string of the molecule is Cc1cccc(NC(=O)CN2C(=O)C(C)Oc3ccc(-c4nc(C)sc4C)cc32)c1. The summed E-state index contributed by atoms with van der Waals surface area (Å²) in [7, 11) is 0. The number of anilines is 2. The van der Waals surface area contributed by atoms with Crippen molar-refractivity contribution in [1.29, 1.82) is 0 Å². The monoisotopic (exact) mass is 421 g/mol. The second-order valence-corrected chi connectivity index (χ2v) is 8.83. The summed E-state index contributed by atoms with van der Waals surface area (Å²) in [6, 6.07) is 13.2. The number of carbonyl (C=O) groups excluding carboxylic acids is 2. The first-order valence-electron chi connectivity index (χ1n) is 9.75. The highest BCUT2D eigenvalue weighted by molar-refractivity contribution is 7.11. The summed E-state index contributed by atoms with van der Waals surface area (Å²) in [5.74, 6) is 0.0733. The number of rotatable bonds is 4. The number of aryl methyl sites for hydroxylation is 3. The second-order valence-electron chi connectivity index (χ2n) is 7.42. The minimum Gasteiger partial charge on any atom is -0.479 e. The summed E-state index contributed by atoms with van der Waals surface area (Å²) in [6.45, 7) is 7.56. The molecule has 1 aliphatic heterocycles. The van der Waals surface area contributed by atoms with E-state index in [0.717, 1.165) is 26.7 Å². The van der Waals surface area contributed by atoms with Crippen LogP contribution in [0.15, 0.2) is 42.5 Å². The fourth-order valence-corrected chi connectivity index (χ4v) is 4.42. The Labute approximate surface area is 179 Å². The van der Waals surface area contributed by atoms with Crippen molar-refractivity contribution in [1.82, 2.24) is 4.98 Å². The second kappa shape index (κ2) is 7.91. The zero-order valence-electron chi connectivity index (χ0n) is 17.4. The molecule has 0 radical (unpaired) electrons. The van der Waals surface area contributed by atoms with Gasteiger partial charge in [0.05, 0.1) is 16.4 Å². The number of thiazole rings is 1. The molecule has 7 heteroatoms. The number of nitrogens with zero attached hydrogens (tertiary/aromatic N) is 2. The first-order valence-corrected chi connectivity index (χ1v) is 10.6. The molecule has 3 aromatic rings. The van der Waals surface area contributed by atoms with E-state index >= 15 is 0 Å². The third-order valence-electron chi connectivity index (χ3n) is 4.95.